The van der Waals surface area contributed by atoms with E-state index in [-0.39, 0.29) is 17.9 Å². The third-order valence-electron chi connectivity index (χ3n) is 2.78. The number of rotatable bonds is 4. The Morgan fingerprint density at radius 1 is 1.14 bits per heavy atom. The molecule has 0 saturated heterocycles. The standard InChI is InChI=1S/C16H15NO4/c1-2-21-16(20)11-6-5-7-12(10-11)17-15(19)13-8-3-4-9-14(13)18/h3-10,18H,2H2,1H3,(H,17,19). The SMILES string of the molecule is CCOC(=O)c1cccc(NC(=O)c2ccccc2O)c1. The highest BCUT2D eigenvalue weighted by Crippen LogP contribution is 2.18. The van der Waals surface area contributed by atoms with Gasteiger partial charge in [0.25, 0.3) is 5.91 Å². The fraction of sp³-hybridized carbons (Fsp3) is 0.125. The van der Waals surface area contributed by atoms with E-state index in [1.54, 1.807) is 37.3 Å². The summed E-state index contributed by atoms with van der Waals surface area (Å²) < 4.78 is 4.90. The van der Waals surface area contributed by atoms with Gasteiger partial charge in [-0.25, -0.2) is 4.79 Å². The summed E-state index contributed by atoms with van der Waals surface area (Å²) in [6.45, 7) is 2.01. The number of anilines is 1. The molecule has 0 atom stereocenters. The molecule has 0 radical (unpaired) electrons. The molecular weight excluding hydrogens is 270 g/mol. The summed E-state index contributed by atoms with van der Waals surface area (Å²) in [7, 11) is 0. The minimum Gasteiger partial charge on any atom is -0.507 e. The van der Waals surface area contributed by atoms with Gasteiger partial charge in [-0.1, -0.05) is 18.2 Å². The summed E-state index contributed by atoms with van der Waals surface area (Å²) >= 11 is 0. The van der Waals surface area contributed by atoms with Crippen LogP contribution in [0.3, 0.4) is 0 Å². The van der Waals surface area contributed by atoms with E-state index in [0.717, 1.165) is 0 Å². The van der Waals surface area contributed by atoms with E-state index in [4.69, 9.17) is 4.74 Å². The maximum absolute atomic E-state index is 12.1. The van der Waals surface area contributed by atoms with Crippen molar-refractivity contribution in [3.8, 4) is 5.75 Å². The molecule has 2 aromatic rings. The number of phenolic OH excluding ortho intramolecular Hbond substituents is 1. The summed E-state index contributed by atoms with van der Waals surface area (Å²) in [5.74, 6) is -0.998. The van der Waals surface area contributed by atoms with Crippen LogP contribution in [-0.4, -0.2) is 23.6 Å². The Kier molecular flexibility index (Phi) is 4.56. The van der Waals surface area contributed by atoms with Crippen molar-refractivity contribution in [2.24, 2.45) is 0 Å². The highest BCUT2D eigenvalue weighted by atomic mass is 16.5. The van der Waals surface area contributed by atoms with Crippen molar-refractivity contribution < 1.29 is 19.4 Å². The first kappa shape index (κ1) is 14.6. The Morgan fingerprint density at radius 2 is 1.90 bits per heavy atom. The first-order valence-corrected chi connectivity index (χ1v) is 6.48. The van der Waals surface area contributed by atoms with E-state index in [1.165, 1.54) is 18.2 Å². The van der Waals surface area contributed by atoms with Gasteiger partial charge in [0.15, 0.2) is 0 Å². The first-order valence-electron chi connectivity index (χ1n) is 6.48. The molecule has 0 spiro atoms. The smallest absolute Gasteiger partial charge is 0.338 e. The van der Waals surface area contributed by atoms with Crippen LogP contribution in [0.15, 0.2) is 48.5 Å². The van der Waals surface area contributed by atoms with Crippen molar-refractivity contribution in [2.75, 3.05) is 11.9 Å². The van der Waals surface area contributed by atoms with Crippen LogP contribution in [-0.2, 0) is 4.74 Å². The van der Waals surface area contributed by atoms with Gasteiger partial charge in [0.1, 0.15) is 5.75 Å². The van der Waals surface area contributed by atoms with Crippen LogP contribution in [0.5, 0.6) is 5.75 Å². The third-order valence-corrected chi connectivity index (χ3v) is 2.78. The van der Waals surface area contributed by atoms with Crippen LogP contribution in [0, 0.1) is 0 Å². The Bertz CT molecular complexity index is 667. The molecular formula is C16H15NO4. The second-order valence-corrected chi connectivity index (χ2v) is 4.27. The summed E-state index contributed by atoms with van der Waals surface area (Å²) in [6, 6.07) is 12.7. The Balaban J connectivity index is 2.17. The Hall–Kier alpha value is -2.82. The monoisotopic (exact) mass is 285 g/mol. The van der Waals surface area contributed by atoms with Crippen molar-refractivity contribution in [3.05, 3.63) is 59.7 Å². The zero-order valence-corrected chi connectivity index (χ0v) is 11.5. The van der Waals surface area contributed by atoms with Gasteiger partial charge in [-0.15, -0.1) is 0 Å². The van der Waals surface area contributed by atoms with E-state index in [0.29, 0.717) is 11.3 Å². The second-order valence-electron chi connectivity index (χ2n) is 4.27. The van der Waals surface area contributed by atoms with Crippen LogP contribution in [0.2, 0.25) is 0 Å². The predicted molar refractivity (Wildman–Crippen MR) is 78.5 cm³/mol. The average molecular weight is 285 g/mol. The van der Waals surface area contributed by atoms with Crippen molar-refractivity contribution in [3.63, 3.8) is 0 Å². The quantitative estimate of drug-likeness (QED) is 0.847. The van der Waals surface area contributed by atoms with Gasteiger partial charge in [-0.3, -0.25) is 4.79 Å². The number of nitrogens with one attached hydrogen (secondary N) is 1. The molecule has 1 amide bonds. The van der Waals surface area contributed by atoms with Crippen LogP contribution in [0.1, 0.15) is 27.6 Å². The molecule has 2 aromatic carbocycles. The van der Waals surface area contributed by atoms with Gasteiger partial charge < -0.3 is 15.2 Å². The Morgan fingerprint density at radius 3 is 2.62 bits per heavy atom. The van der Waals surface area contributed by atoms with Gasteiger partial charge in [-0.05, 0) is 37.3 Å². The lowest BCUT2D eigenvalue weighted by Gasteiger charge is -2.08. The number of hydrogen-bond donors (Lipinski definition) is 2. The molecule has 0 aliphatic heterocycles. The van der Waals surface area contributed by atoms with Gasteiger partial charge >= 0.3 is 5.97 Å². The van der Waals surface area contributed by atoms with Crippen LogP contribution >= 0.6 is 0 Å². The molecule has 0 fully saturated rings. The summed E-state index contributed by atoms with van der Waals surface area (Å²) in [6.07, 6.45) is 0. The van der Waals surface area contributed by atoms with Crippen molar-refractivity contribution in [1.82, 2.24) is 0 Å². The van der Waals surface area contributed by atoms with Crippen LogP contribution < -0.4 is 5.32 Å². The van der Waals surface area contributed by atoms with Gasteiger partial charge in [0.2, 0.25) is 0 Å². The fourth-order valence-corrected chi connectivity index (χ4v) is 1.80. The number of para-hydroxylation sites is 1. The molecule has 0 bridgehead atoms. The number of amides is 1. The van der Waals surface area contributed by atoms with E-state index >= 15 is 0 Å². The number of ether oxygens (including phenoxy) is 1. The lowest BCUT2D eigenvalue weighted by molar-refractivity contribution is 0.0526. The molecule has 0 aliphatic rings. The number of esters is 1. The minimum absolute atomic E-state index is 0.100. The molecule has 0 heterocycles. The van der Waals surface area contributed by atoms with Crippen LogP contribution in [0.25, 0.3) is 0 Å². The average Bonchev–Trinajstić information content (AvgIpc) is 2.48. The summed E-state index contributed by atoms with van der Waals surface area (Å²) in [5, 5.41) is 12.3. The highest BCUT2D eigenvalue weighted by molar-refractivity contribution is 6.06. The predicted octanol–water partition coefficient (Wildman–Crippen LogP) is 2.82. The third kappa shape index (κ3) is 3.60. The highest BCUT2D eigenvalue weighted by Gasteiger charge is 2.12. The van der Waals surface area contributed by atoms with Crippen molar-refractivity contribution in [2.45, 2.75) is 6.92 Å². The van der Waals surface area contributed by atoms with Gasteiger partial charge in [0.05, 0.1) is 17.7 Å². The number of carbonyl (C=O) groups excluding carboxylic acids is 2. The molecule has 108 valence electrons. The summed E-state index contributed by atoms with van der Waals surface area (Å²) in [5.41, 5.74) is 0.972. The summed E-state index contributed by atoms with van der Waals surface area (Å²) in [4.78, 5) is 23.7. The zero-order chi connectivity index (χ0) is 15.2. The molecule has 0 aliphatic carbocycles. The van der Waals surface area contributed by atoms with E-state index in [2.05, 4.69) is 5.32 Å². The lowest BCUT2D eigenvalue weighted by Crippen LogP contribution is -2.13. The van der Waals surface area contributed by atoms with Crippen molar-refractivity contribution >= 4 is 17.6 Å². The molecule has 2 rings (SSSR count). The minimum atomic E-state index is -0.450. The van der Waals surface area contributed by atoms with Crippen molar-refractivity contribution in [1.29, 1.82) is 0 Å². The molecule has 5 heteroatoms. The number of hydrogen-bond acceptors (Lipinski definition) is 4. The second kappa shape index (κ2) is 6.56. The zero-order valence-electron chi connectivity index (χ0n) is 11.5. The molecule has 5 nitrogen and oxygen atoms in total. The number of carbonyl (C=O) groups is 2. The first-order chi connectivity index (χ1) is 10.1. The lowest BCUT2D eigenvalue weighted by atomic mass is 10.1. The topological polar surface area (TPSA) is 75.6 Å². The Labute approximate surface area is 122 Å². The fourth-order valence-electron chi connectivity index (χ4n) is 1.80. The maximum atomic E-state index is 12.1. The van der Waals surface area contributed by atoms with Gasteiger partial charge in [0, 0.05) is 5.69 Å². The maximum Gasteiger partial charge on any atom is 0.338 e. The van der Waals surface area contributed by atoms with Crippen LogP contribution in [0.4, 0.5) is 5.69 Å². The largest absolute Gasteiger partial charge is 0.507 e. The number of aromatic hydroxyl groups is 1. The molecule has 0 saturated carbocycles. The number of phenols is 1. The normalized spacial score (nSPS) is 9.95. The molecule has 21 heavy (non-hydrogen) atoms. The molecule has 0 aromatic heterocycles. The van der Waals surface area contributed by atoms with E-state index in [1.807, 2.05) is 0 Å². The van der Waals surface area contributed by atoms with Gasteiger partial charge in [-0.2, -0.15) is 0 Å². The van der Waals surface area contributed by atoms with E-state index < -0.39 is 11.9 Å². The van der Waals surface area contributed by atoms with E-state index in [9.17, 15) is 14.7 Å². The molecule has 2 N–H and O–H groups in total. The molecule has 0 unspecified atom stereocenters. The number of benzene rings is 2.